The highest BCUT2D eigenvalue weighted by molar-refractivity contribution is 7.09. The molecule has 2 aromatic carbocycles. The van der Waals surface area contributed by atoms with E-state index in [1.54, 1.807) is 17.5 Å². The monoisotopic (exact) mass is 466 g/mol. The van der Waals surface area contributed by atoms with Crippen LogP contribution >= 0.6 is 36.2 Å². The number of thiazole rings is 1. The number of halogens is 2. The maximum absolute atomic E-state index is 12.8. The van der Waals surface area contributed by atoms with Gasteiger partial charge >= 0.3 is 0 Å². The van der Waals surface area contributed by atoms with E-state index >= 15 is 0 Å². The van der Waals surface area contributed by atoms with E-state index in [1.165, 1.54) is 5.56 Å². The Hall–Kier alpha value is -1.96. The predicted molar refractivity (Wildman–Crippen MR) is 129 cm³/mol. The molecule has 1 aromatic heterocycles. The summed E-state index contributed by atoms with van der Waals surface area (Å²) in [5.41, 5.74) is 8.05. The molecule has 5 nitrogen and oxygen atoms in total. The summed E-state index contributed by atoms with van der Waals surface area (Å²) in [5, 5.41) is 5.96. The van der Waals surface area contributed by atoms with E-state index in [4.69, 9.17) is 5.73 Å². The van der Waals surface area contributed by atoms with Crippen molar-refractivity contribution in [3.8, 4) is 0 Å². The first-order valence-electron chi connectivity index (χ1n) is 9.46. The van der Waals surface area contributed by atoms with Gasteiger partial charge in [-0.05, 0) is 17.5 Å². The molecular weight excluding hydrogens is 439 g/mol. The van der Waals surface area contributed by atoms with Gasteiger partial charge in [0, 0.05) is 31.2 Å². The van der Waals surface area contributed by atoms with Crippen molar-refractivity contribution >= 4 is 42.1 Å². The first kappa shape index (κ1) is 26.1. The Kier molecular flexibility index (Phi) is 12.3. The van der Waals surface area contributed by atoms with Crippen LogP contribution in [0.1, 0.15) is 22.2 Å². The van der Waals surface area contributed by atoms with E-state index in [0.29, 0.717) is 19.6 Å². The van der Waals surface area contributed by atoms with E-state index in [9.17, 15) is 4.79 Å². The minimum Gasteiger partial charge on any atom is -0.342 e. The maximum Gasteiger partial charge on any atom is 0.235 e. The molecule has 3 rings (SSSR count). The highest BCUT2D eigenvalue weighted by atomic mass is 35.5. The molecule has 0 bridgehead atoms. The highest BCUT2D eigenvalue weighted by Crippen LogP contribution is 2.23. The summed E-state index contributed by atoms with van der Waals surface area (Å²) in [6.07, 6.45) is 2.66. The molecule has 1 atom stereocenters. The number of nitrogens with one attached hydrogen (secondary N) is 1. The second kappa shape index (κ2) is 14.1. The molecule has 3 aromatic rings. The normalized spacial score (nSPS) is 11.3. The lowest BCUT2D eigenvalue weighted by molar-refractivity contribution is -0.122. The molecule has 0 aliphatic carbocycles. The minimum absolute atomic E-state index is 0. The minimum atomic E-state index is -0.234. The lowest BCUT2D eigenvalue weighted by Crippen LogP contribution is -2.41. The van der Waals surface area contributed by atoms with Crippen molar-refractivity contribution in [3.63, 3.8) is 0 Å². The fourth-order valence-electron chi connectivity index (χ4n) is 3.10. The molecule has 30 heavy (non-hydrogen) atoms. The smallest absolute Gasteiger partial charge is 0.235 e. The number of hydrogen-bond donors (Lipinski definition) is 2. The van der Waals surface area contributed by atoms with Gasteiger partial charge in [0.25, 0.3) is 0 Å². The van der Waals surface area contributed by atoms with E-state index in [0.717, 1.165) is 23.5 Å². The predicted octanol–water partition coefficient (Wildman–Crippen LogP) is 3.70. The Morgan fingerprint density at radius 3 is 2.30 bits per heavy atom. The first-order chi connectivity index (χ1) is 13.8. The molecule has 0 spiro atoms. The van der Waals surface area contributed by atoms with E-state index in [2.05, 4.69) is 27.3 Å². The summed E-state index contributed by atoms with van der Waals surface area (Å²) in [6.45, 7) is 2.32. The van der Waals surface area contributed by atoms with Gasteiger partial charge in [-0.25, -0.2) is 4.98 Å². The average Bonchev–Trinajstić information content (AvgIpc) is 3.26. The number of amides is 1. The second-order valence-electron chi connectivity index (χ2n) is 6.58. The number of nitrogens with two attached hydrogens (primary N) is 1. The number of rotatable bonds is 10. The summed E-state index contributed by atoms with van der Waals surface area (Å²) in [7, 11) is 0. The Morgan fingerprint density at radius 1 is 1.03 bits per heavy atom. The van der Waals surface area contributed by atoms with Gasteiger partial charge in [0.2, 0.25) is 5.91 Å². The molecular formula is C22H28Cl2N4OS. The fraction of sp³-hybridized carbons (Fsp3) is 0.273. The van der Waals surface area contributed by atoms with Gasteiger partial charge in [-0.2, -0.15) is 0 Å². The zero-order chi connectivity index (χ0) is 19.6. The number of nitrogens with zero attached hydrogens (tertiary/aromatic N) is 2. The van der Waals surface area contributed by atoms with Gasteiger partial charge in [0.15, 0.2) is 0 Å². The Labute approximate surface area is 194 Å². The van der Waals surface area contributed by atoms with Crippen LogP contribution in [0.25, 0.3) is 0 Å². The highest BCUT2D eigenvalue weighted by Gasteiger charge is 2.20. The van der Waals surface area contributed by atoms with E-state index in [-0.39, 0.29) is 36.8 Å². The van der Waals surface area contributed by atoms with Gasteiger partial charge in [0.1, 0.15) is 11.0 Å². The van der Waals surface area contributed by atoms with Crippen LogP contribution in [0, 0.1) is 0 Å². The van der Waals surface area contributed by atoms with Crippen molar-refractivity contribution in [2.45, 2.75) is 12.5 Å². The zero-order valence-corrected chi connectivity index (χ0v) is 19.1. The molecule has 162 valence electrons. The van der Waals surface area contributed by atoms with Gasteiger partial charge in [-0.3, -0.25) is 9.69 Å². The summed E-state index contributed by atoms with van der Waals surface area (Å²) in [4.78, 5) is 19.3. The molecule has 0 fully saturated rings. The molecule has 0 saturated heterocycles. The molecule has 0 radical (unpaired) electrons. The van der Waals surface area contributed by atoms with Gasteiger partial charge in [-0.15, -0.1) is 36.2 Å². The van der Waals surface area contributed by atoms with Gasteiger partial charge in [0.05, 0.1) is 6.54 Å². The molecule has 1 amide bonds. The molecule has 1 unspecified atom stereocenters. The molecule has 0 saturated carbocycles. The fourth-order valence-corrected chi connectivity index (χ4v) is 3.82. The number of hydrogen-bond acceptors (Lipinski definition) is 5. The Balaban J connectivity index is 0.00000225. The molecule has 0 aliphatic heterocycles. The zero-order valence-electron chi connectivity index (χ0n) is 16.6. The number of carbonyl (C=O) groups is 1. The second-order valence-corrected chi connectivity index (χ2v) is 7.51. The third-order valence-corrected chi connectivity index (χ3v) is 5.35. The molecule has 3 N–H and O–H groups in total. The standard InChI is InChI=1S/C22H26N4OS.2ClH/c23-12-15-26(14-11-18-7-3-1-4-8-18)17-20(27)25-21(22-24-13-16-28-22)19-9-5-2-6-10-19;;/h1-10,13,16,21H,11-12,14-15,17,23H2,(H,25,27);2*1H. The largest absolute Gasteiger partial charge is 0.342 e. The van der Waals surface area contributed by atoms with Crippen LogP contribution in [-0.2, 0) is 11.2 Å². The molecule has 0 aliphatic rings. The SMILES string of the molecule is Cl.Cl.NCCN(CCc1ccccc1)CC(=O)NC(c1ccccc1)c1nccs1. The first-order valence-corrected chi connectivity index (χ1v) is 10.3. The van der Waals surface area contributed by atoms with E-state index < -0.39 is 0 Å². The molecule has 8 heteroatoms. The van der Waals surface area contributed by atoms with Crippen LogP contribution in [-0.4, -0.2) is 42.0 Å². The van der Waals surface area contributed by atoms with E-state index in [1.807, 2.05) is 53.9 Å². The third kappa shape index (κ3) is 8.05. The van der Waals surface area contributed by atoms with Gasteiger partial charge < -0.3 is 11.1 Å². The van der Waals surface area contributed by atoms with Crippen molar-refractivity contribution < 1.29 is 4.79 Å². The van der Waals surface area contributed by atoms with Crippen LogP contribution < -0.4 is 11.1 Å². The average molecular weight is 467 g/mol. The van der Waals surface area contributed by atoms with Crippen molar-refractivity contribution in [2.75, 3.05) is 26.2 Å². The van der Waals surface area contributed by atoms with Crippen LogP contribution in [0.4, 0.5) is 0 Å². The van der Waals surface area contributed by atoms with Crippen LogP contribution in [0.5, 0.6) is 0 Å². The van der Waals surface area contributed by atoms with Crippen molar-refractivity contribution in [3.05, 3.63) is 88.4 Å². The third-order valence-electron chi connectivity index (χ3n) is 4.51. The Bertz CT molecular complexity index is 835. The Morgan fingerprint density at radius 2 is 1.70 bits per heavy atom. The number of aromatic nitrogens is 1. The maximum atomic E-state index is 12.8. The van der Waals surface area contributed by atoms with Crippen molar-refractivity contribution in [1.29, 1.82) is 0 Å². The lowest BCUT2D eigenvalue weighted by Gasteiger charge is -2.23. The molecule has 1 heterocycles. The van der Waals surface area contributed by atoms with Crippen LogP contribution in [0.15, 0.2) is 72.2 Å². The van der Waals surface area contributed by atoms with Gasteiger partial charge in [-0.1, -0.05) is 60.7 Å². The summed E-state index contributed by atoms with van der Waals surface area (Å²) < 4.78 is 0. The lowest BCUT2D eigenvalue weighted by atomic mass is 10.1. The topological polar surface area (TPSA) is 71.2 Å². The summed E-state index contributed by atoms with van der Waals surface area (Å²) in [5.74, 6) is -0.0226. The van der Waals surface area contributed by atoms with Crippen LogP contribution in [0.3, 0.4) is 0 Å². The number of carbonyl (C=O) groups excluding carboxylic acids is 1. The summed E-state index contributed by atoms with van der Waals surface area (Å²) in [6, 6.07) is 20.0. The van der Waals surface area contributed by atoms with Crippen molar-refractivity contribution in [2.24, 2.45) is 5.73 Å². The quantitative estimate of drug-likeness (QED) is 0.477. The number of benzene rings is 2. The summed E-state index contributed by atoms with van der Waals surface area (Å²) >= 11 is 1.55. The van der Waals surface area contributed by atoms with Crippen LogP contribution in [0.2, 0.25) is 0 Å². The van der Waals surface area contributed by atoms with Crippen molar-refractivity contribution in [1.82, 2.24) is 15.2 Å².